The first kappa shape index (κ1) is 22.6. The summed E-state index contributed by atoms with van der Waals surface area (Å²) in [6.45, 7) is 2.85. The number of hydrogen-bond acceptors (Lipinski definition) is 5. The van der Waals surface area contributed by atoms with Gasteiger partial charge in [0, 0.05) is 19.5 Å². The van der Waals surface area contributed by atoms with Crippen molar-refractivity contribution in [3.05, 3.63) is 29.8 Å². The van der Waals surface area contributed by atoms with Crippen molar-refractivity contribution in [3.8, 4) is 5.75 Å². The lowest BCUT2D eigenvalue weighted by atomic mass is 10.1. The first-order valence-electron chi connectivity index (χ1n) is 10.8. The Morgan fingerprint density at radius 1 is 1.13 bits per heavy atom. The number of benzene rings is 1. The molecule has 0 radical (unpaired) electrons. The molecule has 3 rings (SSSR count). The van der Waals surface area contributed by atoms with Crippen molar-refractivity contribution in [2.45, 2.75) is 51.1 Å². The van der Waals surface area contributed by atoms with Crippen molar-refractivity contribution < 1.29 is 23.9 Å². The molecule has 0 aromatic heterocycles. The Morgan fingerprint density at radius 2 is 1.90 bits per heavy atom. The van der Waals surface area contributed by atoms with Crippen LogP contribution in [0, 0.1) is 5.92 Å². The van der Waals surface area contributed by atoms with E-state index < -0.39 is 18.0 Å². The number of rotatable bonds is 3. The summed E-state index contributed by atoms with van der Waals surface area (Å²) in [7, 11) is 0. The number of ether oxygens (including phenoxy) is 1. The van der Waals surface area contributed by atoms with Gasteiger partial charge in [-0.15, -0.1) is 0 Å². The molecule has 0 saturated heterocycles. The van der Waals surface area contributed by atoms with Gasteiger partial charge < -0.3 is 26.0 Å². The molecule has 0 bridgehead atoms. The summed E-state index contributed by atoms with van der Waals surface area (Å²) in [6, 6.07) is 5.23. The largest absolute Gasteiger partial charge is 0.493 e. The third-order valence-electron chi connectivity index (χ3n) is 5.32. The minimum absolute atomic E-state index is 0.00242. The number of nitrogens with one attached hydrogen (secondary N) is 4. The van der Waals surface area contributed by atoms with E-state index in [0.717, 1.165) is 12.8 Å². The minimum Gasteiger partial charge on any atom is -0.493 e. The summed E-state index contributed by atoms with van der Waals surface area (Å²) < 4.78 is 5.74. The van der Waals surface area contributed by atoms with Crippen molar-refractivity contribution in [1.29, 1.82) is 0 Å². The van der Waals surface area contributed by atoms with Gasteiger partial charge in [0.25, 0.3) is 5.91 Å². The monoisotopic (exact) mass is 430 g/mol. The Kier molecular flexibility index (Phi) is 7.86. The summed E-state index contributed by atoms with van der Waals surface area (Å²) in [6.07, 6.45) is 2.83. The second-order valence-electron chi connectivity index (χ2n) is 8.03. The maximum Gasteiger partial charge on any atom is 0.255 e. The van der Waals surface area contributed by atoms with Gasteiger partial charge in [0.15, 0.2) is 0 Å². The van der Waals surface area contributed by atoms with Crippen molar-refractivity contribution in [1.82, 2.24) is 21.3 Å². The Hall–Kier alpha value is -3.10. The third-order valence-corrected chi connectivity index (χ3v) is 5.32. The third kappa shape index (κ3) is 6.97. The number of amides is 4. The Labute approximate surface area is 181 Å². The summed E-state index contributed by atoms with van der Waals surface area (Å²) in [5.41, 5.74) is 0.316. The van der Waals surface area contributed by atoms with E-state index in [1.165, 1.54) is 0 Å². The van der Waals surface area contributed by atoms with Gasteiger partial charge in [-0.1, -0.05) is 12.1 Å². The minimum atomic E-state index is -0.873. The van der Waals surface area contributed by atoms with Crippen molar-refractivity contribution in [2.75, 3.05) is 19.7 Å². The second kappa shape index (κ2) is 10.8. The van der Waals surface area contributed by atoms with Gasteiger partial charge in [-0.3, -0.25) is 19.2 Å². The van der Waals surface area contributed by atoms with E-state index in [1.54, 1.807) is 31.2 Å². The number of hydrogen-bond donors (Lipinski definition) is 4. The van der Waals surface area contributed by atoms with Crippen LogP contribution in [0.15, 0.2) is 24.3 Å². The highest BCUT2D eigenvalue weighted by Crippen LogP contribution is 2.27. The molecule has 2 atom stereocenters. The molecule has 2 aliphatic rings. The molecule has 4 N–H and O–H groups in total. The molecule has 168 valence electrons. The molecule has 1 aromatic rings. The topological polar surface area (TPSA) is 126 Å². The SMILES string of the molecule is C[C@@H]1NC(=O)CC[C@@H](C(=O)NCC2CC2)NC(=O)c2ccccc2OCCCNC1=O. The van der Waals surface area contributed by atoms with Crippen LogP contribution in [-0.2, 0) is 14.4 Å². The van der Waals surface area contributed by atoms with Gasteiger partial charge in [0.1, 0.15) is 17.8 Å². The molecule has 1 aromatic carbocycles. The van der Waals surface area contributed by atoms with Crippen LogP contribution in [0.1, 0.15) is 49.4 Å². The van der Waals surface area contributed by atoms with Crippen LogP contribution in [0.25, 0.3) is 0 Å². The van der Waals surface area contributed by atoms with Crippen molar-refractivity contribution >= 4 is 23.6 Å². The summed E-state index contributed by atoms with van der Waals surface area (Å²) in [5, 5.41) is 11.0. The quantitative estimate of drug-likeness (QED) is 0.556. The number of fused-ring (bicyclic) bond motifs is 1. The fourth-order valence-corrected chi connectivity index (χ4v) is 3.25. The molecule has 9 heteroatoms. The van der Waals surface area contributed by atoms with Gasteiger partial charge in [-0.2, -0.15) is 0 Å². The van der Waals surface area contributed by atoms with Gasteiger partial charge in [0.05, 0.1) is 12.2 Å². The zero-order valence-electron chi connectivity index (χ0n) is 17.7. The average Bonchev–Trinajstić information content (AvgIpc) is 3.58. The fraction of sp³-hybridized carbons (Fsp3) is 0.545. The molecule has 9 nitrogen and oxygen atoms in total. The van der Waals surface area contributed by atoms with E-state index in [1.807, 2.05) is 0 Å². The normalized spacial score (nSPS) is 23.5. The van der Waals surface area contributed by atoms with Gasteiger partial charge >= 0.3 is 0 Å². The van der Waals surface area contributed by atoms with Crippen molar-refractivity contribution in [3.63, 3.8) is 0 Å². The molecular weight excluding hydrogens is 400 g/mol. The molecule has 1 aliphatic heterocycles. The highest BCUT2D eigenvalue weighted by atomic mass is 16.5. The maximum absolute atomic E-state index is 12.9. The number of carbonyl (C=O) groups is 4. The molecule has 31 heavy (non-hydrogen) atoms. The summed E-state index contributed by atoms with van der Waals surface area (Å²) in [5.74, 6) is -0.500. The smallest absolute Gasteiger partial charge is 0.255 e. The molecule has 4 amide bonds. The molecule has 1 saturated carbocycles. The van der Waals surface area contributed by atoms with Crippen LogP contribution in [0.5, 0.6) is 5.75 Å². The molecular formula is C22H30N4O5. The van der Waals surface area contributed by atoms with Gasteiger partial charge in [-0.05, 0) is 50.7 Å². The van der Waals surface area contributed by atoms with E-state index in [-0.39, 0.29) is 30.6 Å². The number of carbonyl (C=O) groups excluding carboxylic acids is 4. The predicted molar refractivity (Wildman–Crippen MR) is 113 cm³/mol. The lowest BCUT2D eigenvalue weighted by molar-refractivity contribution is -0.129. The lowest BCUT2D eigenvalue weighted by Gasteiger charge is -2.21. The van der Waals surface area contributed by atoms with Crippen LogP contribution in [0.2, 0.25) is 0 Å². The van der Waals surface area contributed by atoms with E-state index in [9.17, 15) is 19.2 Å². The zero-order chi connectivity index (χ0) is 22.2. The first-order valence-corrected chi connectivity index (χ1v) is 10.8. The summed E-state index contributed by atoms with van der Waals surface area (Å²) in [4.78, 5) is 50.0. The van der Waals surface area contributed by atoms with E-state index in [4.69, 9.17) is 4.74 Å². The van der Waals surface area contributed by atoms with Crippen LogP contribution >= 0.6 is 0 Å². The highest BCUT2D eigenvalue weighted by molar-refractivity contribution is 5.99. The van der Waals surface area contributed by atoms with Crippen molar-refractivity contribution in [2.24, 2.45) is 5.92 Å². The second-order valence-corrected chi connectivity index (χ2v) is 8.03. The van der Waals surface area contributed by atoms with Crippen LogP contribution < -0.4 is 26.0 Å². The van der Waals surface area contributed by atoms with E-state index in [0.29, 0.717) is 43.3 Å². The van der Waals surface area contributed by atoms with E-state index >= 15 is 0 Å². The standard InChI is InChI=1S/C22H30N4O5/c1-14-20(28)23-11-4-12-31-18-6-3-2-5-16(18)21(29)26-17(9-10-19(27)25-14)22(30)24-13-15-7-8-15/h2-3,5-6,14-15,17H,4,7-13H2,1H3,(H,23,28)(H,24,30)(H,25,27)(H,26,29)/t14-,17-/m0/s1. The molecule has 0 spiro atoms. The van der Waals surface area contributed by atoms with Crippen LogP contribution in [0.4, 0.5) is 0 Å². The average molecular weight is 431 g/mol. The van der Waals surface area contributed by atoms with E-state index in [2.05, 4.69) is 21.3 Å². The maximum atomic E-state index is 12.9. The first-order chi connectivity index (χ1) is 14.9. The Morgan fingerprint density at radius 3 is 2.68 bits per heavy atom. The zero-order valence-corrected chi connectivity index (χ0v) is 17.7. The molecule has 1 aliphatic carbocycles. The molecule has 1 fully saturated rings. The Balaban J connectivity index is 1.75. The van der Waals surface area contributed by atoms with Gasteiger partial charge in [-0.25, -0.2) is 0 Å². The summed E-state index contributed by atoms with van der Waals surface area (Å²) >= 11 is 0. The number of para-hydroxylation sites is 1. The fourth-order valence-electron chi connectivity index (χ4n) is 3.25. The van der Waals surface area contributed by atoms with Crippen LogP contribution in [-0.4, -0.2) is 55.4 Å². The predicted octanol–water partition coefficient (Wildman–Crippen LogP) is 0.495. The highest BCUT2D eigenvalue weighted by Gasteiger charge is 2.27. The molecule has 0 unspecified atom stereocenters. The molecule has 1 heterocycles. The lowest BCUT2D eigenvalue weighted by Crippen LogP contribution is -2.49. The Bertz CT molecular complexity index is 824. The van der Waals surface area contributed by atoms with Gasteiger partial charge in [0.2, 0.25) is 17.7 Å². The van der Waals surface area contributed by atoms with Crippen LogP contribution in [0.3, 0.4) is 0 Å².